The molecule has 25 heavy (non-hydrogen) atoms. The summed E-state index contributed by atoms with van der Waals surface area (Å²) >= 11 is 0. The molecule has 0 fully saturated rings. The van der Waals surface area contributed by atoms with Crippen LogP contribution in [0.3, 0.4) is 0 Å². The Morgan fingerprint density at radius 1 is 1.16 bits per heavy atom. The molecule has 2 aromatic rings. The maximum Gasteiger partial charge on any atom is 0.338 e. The van der Waals surface area contributed by atoms with Crippen LogP contribution in [0.15, 0.2) is 36.5 Å². The molecular weight excluding hydrogens is 324 g/mol. The highest BCUT2D eigenvalue weighted by atomic mass is 16.5. The predicted molar refractivity (Wildman–Crippen MR) is 90.1 cm³/mol. The number of primary amides is 1. The van der Waals surface area contributed by atoms with Gasteiger partial charge in [-0.15, -0.1) is 0 Å². The smallest absolute Gasteiger partial charge is 0.338 e. The van der Waals surface area contributed by atoms with Gasteiger partial charge in [0.1, 0.15) is 0 Å². The number of carbonyl (C=O) groups excluding carboxylic acids is 3. The summed E-state index contributed by atoms with van der Waals surface area (Å²) in [6, 6.07) is 7.50. The number of hydrogen-bond donors (Lipinski definition) is 2. The lowest BCUT2D eigenvalue weighted by molar-refractivity contribution is -0.130. The van der Waals surface area contributed by atoms with Crippen LogP contribution in [0.1, 0.15) is 29.9 Å². The minimum atomic E-state index is -1.12. The molecule has 0 aliphatic carbocycles. The number of rotatable bonds is 5. The van der Waals surface area contributed by atoms with Gasteiger partial charge in [0.15, 0.2) is 6.10 Å². The zero-order valence-corrected chi connectivity index (χ0v) is 14.2. The fourth-order valence-corrected chi connectivity index (χ4v) is 2.25. The average molecular weight is 344 g/mol. The van der Waals surface area contributed by atoms with E-state index in [9.17, 15) is 14.4 Å². The second-order valence-corrected chi connectivity index (χ2v) is 5.85. The monoisotopic (exact) mass is 344 g/mol. The quantitative estimate of drug-likeness (QED) is 0.798. The van der Waals surface area contributed by atoms with Gasteiger partial charge in [0.2, 0.25) is 0 Å². The van der Waals surface area contributed by atoms with Crippen molar-refractivity contribution in [1.29, 1.82) is 0 Å². The molecule has 0 aliphatic rings. The Balaban J connectivity index is 2.12. The fraction of sp³-hybridized carbons (Fsp3) is 0.294. The van der Waals surface area contributed by atoms with Gasteiger partial charge < -0.3 is 10.5 Å². The van der Waals surface area contributed by atoms with Crippen LogP contribution in [0.2, 0.25) is 0 Å². The van der Waals surface area contributed by atoms with E-state index in [-0.39, 0.29) is 11.5 Å². The molecule has 1 heterocycles. The molecule has 0 spiro atoms. The lowest BCUT2D eigenvalue weighted by Crippen LogP contribution is -2.45. The normalized spacial score (nSPS) is 11.8. The van der Waals surface area contributed by atoms with Gasteiger partial charge in [-0.05, 0) is 43.2 Å². The van der Waals surface area contributed by atoms with Crippen molar-refractivity contribution in [3.8, 4) is 5.69 Å². The van der Waals surface area contributed by atoms with E-state index in [1.165, 1.54) is 0 Å². The number of hydrogen-bond acceptors (Lipinski definition) is 5. The summed E-state index contributed by atoms with van der Waals surface area (Å²) < 4.78 is 6.96. The van der Waals surface area contributed by atoms with Crippen LogP contribution in [-0.2, 0) is 9.53 Å². The number of aryl methyl sites for hydroxylation is 1. The Morgan fingerprint density at radius 2 is 1.80 bits per heavy atom. The highest BCUT2D eigenvalue weighted by Gasteiger charge is 2.27. The molecule has 2 rings (SSSR count). The summed E-state index contributed by atoms with van der Waals surface area (Å²) in [5.41, 5.74) is 6.97. The number of benzene rings is 1. The fourth-order valence-electron chi connectivity index (χ4n) is 2.25. The first-order valence-electron chi connectivity index (χ1n) is 7.72. The first-order chi connectivity index (χ1) is 11.8. The average Bonchev–Trinajstić information content (AvgIpc) is 2.97. The largest absolute Gasteiger partial charge is 0.448 e. The third kappa shape index (κ3) is 4.43. The van der Waals surface area contributed by atoms with Crippen LogP contribution in [0.25, 0.3) is 5.69 Å². The number of nitrogens with one attached hydrogen (secondary N) is 1. The van der Waals surface area contributed by atoms with Crippen molar-refractivity contribution in [2.75, 3.05) is 0 Å². The van der Waals surface area contributed by atoms with Crippen LogP contribution in [-0.4, -0.2) is 33.8 Å². The Morgan fingerprint density at radius 3 is 2.28 bits per heavy atom. The van der Waals surface area contributed by atoms with Gasteiger partial charge in [0, 0.05) is 11.9 Å². The van der Waals surface area contributed by atoms with E-state index in [0.717, 1.165) is 11.4 Å². The molecule has 3 N–H and O–H groups in total. The lowest BCUT2D eigenvalue weighted by Gasteiger charge is -2.19. The van der Waals surface area contributed by atoms with Crippen LogP contribution in [0.5, 0.6) is 0 Å². The van der Waals surface area contributed by atoms with E-state index in [1.807, 2.05) is 18.3 Å². The van der Waals surface area contributed by atoms with Gasteiger partial charge in [-0.3, -0.25) is 10.1 Å². The highest BCUT2D eigenvalue weighted by Crippen LogP contribution is 2.14. The van der Waals surface area contributed by atoms with Crippen molar-refractivity contribution < 1.29 is 19.1 Å². The van der Waals surface area contributed by atoms with E-state index in [4.69, 9.17) is 10.5 Å². The van der Waals surface area contributed by atoms with E-state index >= 15 is 0 Å². The third-order valence-corrected chi connectivity index (χ3v) is 3.52. The lowest BCUT2D eigenvalue weighted by atomic mass is 10.1. The first-order valence-corrected chi connectivity index (χ1v) is 7.72. The standard InChI is InChI=1S/C17H20N4O4/c1-10(2)14(15(22)20-17(18)24)25-16(23)12-4-6-13(7-5-12)21-11(3)8-9-19-21/h4-10,14H,1-3H3,(H3,18,20,22,24)/t14-/m0/s1. The number of nitrogens with two attached hydrogens (primary N) is 1. The van der Waals surface area contributed by atoms with Crippen molar-refractivity contribution in [1.82, 2.24) is 15.1 Å². The SMILES string of the molecule is Cc1ccnn1-c1ccc(C(=O)O[C@H](C(=O)NC(N)=O)C(C)C)cc1. The molecule has 0 saturated carbocycles. The summed E-state index contributed by atoms with van der Waals surface area (Å²) in [7, 11) is 0. The first kappa shape index (κ1) is 18.2. The van der Waals surface area contributed by atoms with Crippen molar-refractivity contribution in [2.24, 2.45) is 11.7 Å². The molecule has 0 bridgehead atoms. The zero-order valence-electron chi connectivity index (χ0n) is 14.2. The Labute approximate surface area is 145 Å². The summed E-state index contributed by atoms with van der Waals surface area (Å²) in [5.74, 6) is -1.74. The maximum atomic E-state index is 12.3. The van der Waals surface area contributed by atoms with Crippen molar-refractivity contribution >= 4 is 17.9 Å². The van der Waals surface area contributed by atoms with Crippen molar-refractivity contribution in [2.45, 2.75) is 26.9 Å². The van der Waals surface area contributed by atoms with E-state index in [1.54, 1.807) is 49.0 Å². The molecule has 0 saturated heterocycles. The molecule has 8 heteroatoms. The number of nitrogens with zero attached hydrogens (tertiary/aromatic N) is 2. The Bertz CT molecular complexity index is 780. The van der Waals surface area contributed by atoms with Gasteiger partial charge in [0.25, 0.3) is 5.91 Å². The zero-order chi connectivity index (χ0) is 18.6. The van der Waals surface area contributed by atoms with Gasteiger partial charge in [-0.1, -0.05) is 13.8 Å². The number of esters is 1. The van der Waals surface area contributed by atoms with E-state index in [2.05, 4.69) is 5.10 Å². The molecule has 1 atom stereocenters. The molecule has 0 unspecified atom stereocenters. The van der Waals surface area contributed by atoms with Gasteiger partial charge >= 0.3 is 12.0 Å². The van der Waals surface area contributed by atoms with Crippen molar-refractivity contribution in [3.63, 3.8) is 0 Å². The molecule has 1 aromatic carbocycles. The Kier molecular flexibility index (Phi) is 5.53. The van der Waals surface area contributed by atoms with Gasteiger partial charge in [-0.2, -0.15) is 5.10 Å². The summed E-state index contributed by atoms with van der Waals surface area (Å²) in [6.45, 7) is 5.31. The molecule has 1 aromatic heterocycles. The molecular formula is C17H20N4O4. The second kappa shape index (κ2) is 7.61. The summed E-state index contributed by atoms with van der Waals surface area (Å²) in [6.07, 6.45) is 0.565. The van der Waals surface area contributed by atoms with Crippen LogP contribution in [0, 0.1) is 12.8 Å². The third-order valence-electron chi connectivity index (χ3n) is 3.52. The van der Waals surface area contributed by atoms with Crippen LogP contribution >= 0.6 is 0 Å². The Hall–Kier alpha value is -3.16. The van der Waals surface area contributed by atoms with Crippen LogP contribution in [0.4, 0.5) is 4.79 Å². The van der Waals surface area contributed by atoms with E-state index < -0.39 is 24.0 Å². The highest BCUT2D eigenvalue weighted by molar-refractivity contribution is 5.98. The predicted octanol–water partition coefficient (Wildman–Crippen LogP) is 1.56. The number of ether oxygens (including phenoxy) is 1. The van der Waals surface area contributed by atoms with Crippen LogP contribution < -0.4 is 11.1 Å². The molecule has 0 aliphatic heterocycles. The van der Waals surface area contributed by atoms with Gasteiger partial charge in [-0.25, -0.2) is 14.3 Å². The molecule has 3 amide bonds. The molecule has 8 nitrogen and oxygen atoms in total. The number of urea groups is 1. The molecule has 132 valence electrons. The summed E-state index contributed by atoms with van der Waals surface area (Å²) in [5, 5.41) is 6.11. The number of carbonyl (C=O) groups is 3. The number of imide groups is 1. The minimum absolute atomic E-state index is 0.283. The maximum absolute atomic E-state index is 12.3. The topological polar surface area (TPSA) is 116 Å². The van der Waals surface area contributed by atoms with Gasteiger partial charge in [0.05, 0.1) is 11.3 Å². The van der Waals surface area contributed by atoms with E-state index in [0.29, 0.717) is 0 Å². The number of aromatic nitrogens is 2. The minimum Gasteiger partial charge on any atom is -0.448 e. The number of amides is 3. The summed E-state index contributed by atoms with van der Waals surface area (Å²) in [4.78, 5) is 35.0. The molecule has 0 radical (unpaired) electrons. The second-order valence-electron chi connectivity index (χ2n) is 5.85. The van der Waals surface area contributed by atoms with Crippen molar-refractivity contribution in [3.05, 3.63) is 47.8 Å².